The first-order valence-corrected chi connectivity index (χ1v) is 22.8. The Kier molecular flexibility index (Phi) is 8.62. The highest BCUT2D eigenvalue weighted by molar-refractivity contribution is 6.05. The van der Waals surface area contributed by atoms with Crippen LogP contribution in [-0.2, 0) is 12.8 Å². The second-order valence-corrected chi connectivity index (χ2v) is 17.6. The first kappa shape index (κ1) is 36.9. The molecule has 0 spiro atoms. The minimum absolute atomic E-state index is 0.333. The standard InChI is InChI=1S/C61H45N3/c1-2-16-40(17-3-1)43-34-37-50-54(39-43)49-23-6-10-28-55(49)62-60(50)42-32-35-45(36-33-42)63-56-29-11-7-24-51(56)59-52-25-8-12-30-57(52)64(61(59)53-26-9-13-31-58(53)63)46-21-14-20-44(38-46)48-27-15-19-41-18-4-5-22-47(41)48/h1-5,7,9-22,24,26-39,41,47H,6,8,23,25H2. The van der Waals surface area contributed by atoms with E-state index in [2.05, 4.69) is 222 Å². The highest BCUT2D eigenvalue weighted by atomic mass is 15.2. The molecule has 3 heterocycles. The lowest BCUT2D eigenvalue weighted by molar-refractivity contribution is 0.677. The van der Waals surface area contributed by atoms with Crippen LogP contribution in [0.15, 0.2) is 200 Å². The van der Waals surface area contributed by atoms with E-state index in [0.717, 1.165) is 54.0 Å². The van der Waals surface area contributed by atoms with Gasteiger partial charge in [0, 0.05) is 56.5 Å². The van der Waals surface area contributed by atoms with Crippen molar-refractivity contribution < 1.29 is 0 Å². The van der Waals surface area contributed by atoms with Gasteiger partial charge in [-0.25, -0.2) is 4.98 Å². The molecule has 2 atom stereocenters. The molecule has 0 N–H and O–H groups in total. The lowest BCUT2D eigenvalue weighted by Gasteiger charge is -2.28. The van der Waals surface area contributed by atoms with E-state index in [9.17, 15) is 0 Å². The van der Waals surface area contributed by atoms with E-state index in [1.54, 1.807) is 0 Å². The van der Waals surface area contributed by atoms with Crippen LogP contribution in [0.5, 0.6) is 0 Å². The average Bonchev–Trinajstić information content (AvgIpc) is 3.65. The number of fused-ring (bicyclic) bond motifs is 11. The molecule has 0 bridgehead atoms. The molecule has 13 rings (SSSR count). The molecule has 5 aliphatic rings. The van der Waals surface area contributed by atoms with Crippen LogP contribution in [0.25, 0.3) is 79.0 Å². The van der Waals surface area contributed by atoms with Gasteiger partial charge in [0.1, 0.15) is 0 Å². The molecule has 0 amide bonds. The molecule has 64 heavy (non-hydrogen) atoms. The maximum Gasteiger partial charge on any atom is 0.0787 e. The lowest BCUT2D eigenvalue weighted by atomic mass is 9.77. The fourth-order valence-electron chi connectivity index (χ4n) is 11.1. The average molecular weight is 820 g/mol. The molecule has 0 saturated heterocycles. The molecule has 6 aromatic carbocycles. The normalized spacial score (nSPS) is 17.5. The van der Waals surface area contributed by atoms with Crippen LogP contribution in [-0.4, -0.2) is 9.55 Å². The van der Waals surface area contributed by atoms with Gasteiger partial charge in [-0.1, -0.05) is 158 Å². The summed E-state index contributed by atoms with van der Waals surface area (Å²) in [4.78, 5) is 7.86. The molecule has 3 heteroatoms. The van der Waals surface area contributed by atoms with Crippen LogP contribution >= 0.6 is 0 Å². The summed E-state index contributed by atoms with van der Waals surface area (Å²) < 4.78 is 2.56. The van der Waals surface area contributed by atoms with E-state index in [1.165, 1.54) is 83.6 Å². The summed E-state index contributed by atoms with van der Waals surface area (Å²) in [5.74, 6) is 0.717. The lowest BCUT2D eigenvalue weighted by Crippen LogP contribution is -2.15. The van der Waals surface area contributed by atoms with Gasteiger partial charge >= 0.3 is 0 Å². The number of para-hydroxylation sites is 2. The van der Waals surface area contributed by atoms with Crippen molar-refractivity contribution in [3.8, 4) is 50.5 Å². The number of aromatic nitrogens is 2. The molecule has 2 unspecified atom stereocenters. The van der Waals surface area contributed by atoms with E-state index >= 15 is 0 Å². The summed E-state index contributed by atoms with van der Waals surface area (Å²) in [7, 11) is 0. The second kappa shape index (κ2) is 15.0. The molecule has 8 aromatic rings. The van der Waals surface area contributed by atoms with Crippen LogP contribution in [0.1, 0.15) is 40.9 Å². The maximum absolute atomic E-state index is 5.38. The Bertz CT molecular complexity index is 3390. The summed E-state index contributed by atoms with van der Waals surface area (Å²) in [6, 6.07) is 54.1. The summed E-state index contributed by atoms with van der Waals surface area (Å²) in [5, 5.41) is 2.50. The van der Waals surface area contributed by atoms with Gasteiger partial charge < -0.3 is 9.47 Å². The number of pyridine rings is 1. The predicted octanol–water partition coefficient (Wildman–Crippen LogP) is 15.7. The maximum atomic E-state index is 5.38. The number of benzene rings is 6. The molecule has 3 nitrogen and oxygen atoms in total. The molecular formula is C61H45N3. The topological polar surface area (TPSA) is 21.1 Å². The van der Waals surface area contributed by atoms with Crippen molar-refractivity contribution in [3.05, 3.63) is 228 Å². The van der Waals surface area contributed by atoms with Crippen molar-refractivity contribution in [2.45, 2.75) is 25.7 Å². The van der Waals surface area contributed by atoms with Crippen LogP contribution in [0.3, 0.4) is 0 Å². The molecule has 0 saturated carbocycles. The van der Waals surface area contributed by atoms with Crippen molar-refractivity contribution in [3.63, 3.8) is 0 Å². The molecular weight excluding hydrogens is 775 g/mol. The zero-order chi connectivity index (χ0) is 42.1. The van der Waals surface area contributed by atoms with Gasteiger partial charge in [-0.05, 0) is 119 Å². The van der Waals surface area contributed by atoms with Gasteiger partial charge in [-0.3, -0.25) is 0 Å². The predicted molar refractivity (Wildman–Crippen MR) is 268 cm³/mol. The monoisotopic (exact) mass is 819 g/mol. The van der Waals surface area contributed by atoms with Crippen LogP contribution < -0.4 is 4.90 Å². The van der Waals surface area contributed by atoms with Crippen molar-refractivity contribution in [2.75, 3.05) is 4.90 Å². The van der Waals surface area contributed by atoms with Crippen molar-refractivity contribution >= 4 is 45.6 Å². The molecule has 0 fully saturated rings. The van der Waals surface area contributed by atoms with Gasteiger partial charge in [0.05, 0.1) is 28.5 Å². The van der Waals surface area contributed by atoms with Crippen LogP contribution in [0, 0.1) is 11.8 Å². The Morgan fingerprint density at radius 2 is 1.23 bits per heavy atom. The SMILES string of the molecule is C1=CC2C=CC=C(c3cccc(-n4c5c(c6c4-c4ccccc4N(c4ccc(-c7nc8c(c9cc(-c%10ccccc%10)ccc79)CCC=C8)cc4)c4ccccc4-6)CCC=C5)c3)C2C=C1. The minimum Gasteiger partial charge on any atom is -0.309 e. The number of hydrogen-bond acceptors (Lipinski definition) is 2. The summed E-state index contributed by atoms with van der Waals surface area (Å²) in [6.07, 6.45) is 29.2. The Morgan fingerprint density at radius 1 is 0.516 bits per heavy atom. The molecule has 2 aromatic heterocycles. The third-order valence-electron chi connectivity index (χ3n) is 14.0. The Labute approximate surface area is 374 Å². The summed E-state index contributed by atoms with van der Waals surface area (Å²) >= 11 is 0. The highest BCUT2D eigenvalue weighted by Gasteiger charge is 2.34. The largest absolute Gasteiger partial charge is 0.309 e. The van der Waals surface area contributed by atoms with E-state index in [4.69, 9.17) is 4.98 Å². The first-order chi connectivity index (χ1) is 31.8. The fourth-order valence-corrected chi connectivity index (χ4v) is 11.1. The zero-order valence-corrected chi connectivity index (χ0v) is 35.5. The van der Waals surface area contributed by atoms with Crippen molar-refractivity contribution in [1.29, 1.82) is 0 Å². The van der Waals surface area contributed by atoms with Gasteiger partial charge in [-0.2, -0.15) is 0 Å². The third-order valence-corrected chi connectivity index (χ3v) is 14.0. The Morgan fingerprint density at radius 3 is 2.11 bits per heavy atom. The Hall–Kier alpha value is -7.75. The van der Waals surface area contributed by atoms with Crippen LogP contribution in [0.4, 0.5) is 17.1 Å². The molecule has 4 aliphatic carbocycles. The number of hydrogen-bond donors (Lipinski definition) is 0. The quantitative estimate of drug-likeness (QED) is 0.172. The molecule has 1 aliphatic heterocycles. The molecule has 304 valence electrons. The molecule has 0 radical (unpaired) electrons. The zero-order valence-electron chi connectivity index (χ0n) is 35.5. The number of aryl methyl sites for hydroxylation is 1. The third kappa shape index (κ3) is 5.84. The number of rotatable bonds is 5. The number of nitrogens with zero attached hydrogens (tertiary/aromatic N) is 3. The van der Waals surface area contributed by atoms with Crippen molar-refractivity contribution in [2.24, 2.45) is 11.8 Å². The summed E-state index contributed by atoms with van der Waals surface area (Å²) in [5.41, 5.74) is 22.1. The van der Waals surface area contributed by atoms with Crippen molar-refractivity contribution in [1.82, 2.24) is 9.55 Å². The van der Waals surface area contributed by atoms with E-state index in [0.29, 0.717) is 11.8 Å². The smallest absolute Gasteiger partial charge is 0.0787 e. The number of anilines is 3. The highest BCUT2D eigenvalue weighted by Crippen LogP contribution is 2.55. The number of allylic oxidation sites excluding steroid dienone is 10. The van der Waals surface area contributed by atoms with E-state index in [1.807, 2.05) is 0 Å². The van der Waals surface area contributed by atoms with Gasteiger partial charge in [0.2, 0.25) is 0 Å². The summed E-state index contributed by atoms with van der Waals surface area (Å²) in [6.45, 7) is 0. The fraction of sp³-hybridized carbons (Fsp3) is 0.0984. The first-order valence-electron chi connectivity index (χ1n) is 22.8. The van der Waals surface area contributed by atoms with E-state index in [-0.39, 0.29) is 0 Å². The van der Waals surface area contributed by atoms with Gasteiger partial charge in [0.25, 0.3) is 0 Å². The van der Waals surface area contributed by atoms with Gasteiger partial charge in [-0.15, -0.1) is 0 Å². The second-order valence-electron chi connectivity index (χ2n) is 17.6. The Balaban J connectivity index is 0.962. The van der Waals surface area contributed by atoms with Gasteiger partial charge in [0.15, 0.2) is 0 Å². The van der Waals surface area contributed by atoms with Crippen LogP contribution in [0.2, 0.25) is 0 Å². The van der Waals surface area contributed by atoms with E-state index < -0.39 is 0 Å². The minimum atomic E-state index is 0.333.